The van der Waals surface area contributed by atoms with Crippen LogP contribution in [0.3, 0.4) is 0 Å². The fourth-order valence-corrected chi connectivity index (χ4v) is 2.85. The Morgan fingerprint density at radius 1 is 1.43 bits per heavy atom. The molecule has 0 saturated heterocycles. The smallest absolute Gasteiger partial charge is 0.317 e. The van der Waals surface area contributed by atoms with Gasteiger partial charge in [-0.2, -0.15) is 0 Å². The molecule has 1 unspecified atom stereocenters. The zero-order chi connectivity index (χ0) is 17.0. The Bertz CT molecular complexity index is 572. The summed E-state index contributed by atoms with van der Waals surface area (Å²) in [7, 11) is 1.55. The molecule has 1 aliphatic rings. The number of hydrogen-bond acceptors (Lipinski definition) is 2. The Morgan fingerprint density at radius 2 is 2.13 bits per heavy atom. The van der Waals surface area contributed by atoms with Crippen LogP contribution in [-0.2, 0) is 4.79 Å². The van der Waals surface area contributed by atoms with Crippen LogP contribution in [0.15, 0.2) is 22.7 Å². The van der Waals surface area contributed by atoms with Crippen molar-refractivity contribution in [2.75, 3.05) is 13.6 Å². The molecule has 0 bridgehead atoms. The van der Waals surface area contributed by atoms with E-state index in [1.54, 1.807) is 13.1 Å². The number of hydrogen-bond donors (Lipinski definition) is 2. The van der Waals surface area contributed by atoms with Crippen molar-refractivity contribution in [3.63, 3.8) is 0 Å². The highest BCUT2D eigenvalue weighted by Crippen LogP contribution is 2.38. The molecule has 0 radical (unpaired) electrons. The molecular formula is C16H20BrFN2O3. The third kappa shape index (κ3) is 5.82. The predicted octanol–water partition coefficient (Wildman–Crippen LogP) is 3.55. The van der Waals surface area contributed by atoms with Gasteiger partial charge in [-0.25, -0.2) is 9.18 Å². The van der Waals surface area contributed by atoms with Crippen LogP contribution >= 0.6 is 15.9 Å². The van der Waals surface area contributed by atoms with Gasteiger partial charge in [-0.05, 0) is 36.1 Å². The van der Waals surface area contributed by atoms with Crippen LogP contribution in [0.1, 0.15) is 37.3 Å². The Kier molecular flexibility index (Phi) is 5.98. The van der Waals surface area contributed by atoms with Crippen LogP contribution in [0, 0.1) is 11.7 Å². The summed E-state index contributed by atoms with van der Waals surface area (Å²) in [6.45, 7) is 0.129. The molecule has 1 saturated carbocycles. The molecule has 1 atom stereocenters. The number of halogens is 2. The number of carbonyl (C=O) groups excluding carboxylic acids is 1. The van der Waals surface area contributed by atoms with Gasteiger partial charge in [0, 0.05) is 18.1 Å². The van der Waals surface area contributed by atoms with Crippen molar-refractivity contribution in [1.29, 1.82) is 0 Å². The largest absolute Gasteiger partial charge is 0.481 e. The van der Waals surface area contributed by atoms with Crippen LogP contribution in [0.5, 0.6) is 0 Å². The lowest BCUT2D eigenvalue weighted by Gasteiger charge is -2.24. The zero-order valence-electron chi connectivity index (χ0n) is 12.9. The van der Waals surface area contributed by atoms with E-state index >= 15 is 0 Å². The maximum Gasteiger partial charge on any atom is 0.317 e. The second-order valence-corrected chi connectivity index (χ2v) is 6.86. The normalized spacial score (nSPS) is 15.1. The summed E-state index contributed by atoms with van der Waals surface area (Å²) in [5.74, 6) is -0.761. The van der Waals surface area contributed by atoms with Crippen LogP contribution in [0.25, 0.3) is 0 Å². The first-order valence-electron chi connectivity index (χ1n) is 7.54. The van der Waals surface area contributed by atoms with Gasteiger partial charge >= 0.3 is 12.0 Å². The lowest BCUT2D eigenvalue weighted by atomic mass is 10.0. The van der Waals surface area contributed by atoms with Crippen LogP contribution in [-0.4, -0.2) is 35.6 Å². The lowest BCUT2D eigenvalue weighted by molar-refractivity contribution is -0.137. The number of amides is 2. The molecule has 23 heavy (non-hydrogen) atoms. The highest BCUT2D eigenvalue weighted by molar-refractivity contribution is 9.10. The van der Waals surface area contributed by atoms with Crippen LogP contribution in [0.4, 0.5) is 9.18 Å². The molecule has 0 spiro atoms. The third-order valence-electron chi connectivity index (χ3n) is 3.86. The van der Waals surface area contributed by atoms with Gasteiger partial charge in [0.15, 0.2) is 0 Å². The molecule has 1 aliphatic carbocycles. The maximum atomic E-state index is 13.6. The van der Waals surface area contributed by atoms with Crippen molar-refractivity contribution in [1.82, 2.24) is 10.2 Å². The predicted molar refractivity (Wildman–Crippen MR) is 87.6 cm³/mol. The first-order chi connectivity index (χ1) is 10.8. The Hall–Kier alpha value is -1.63. The van der Waals surface area contributed by atoms with E-state index in [0.29, 0.717) is 16.0 Å². The standard InChI is InChI=1S/C16H20BrFN2O3/c1-20(5-4-15(21)22)16(23)19-14(6-10-2-3-10)11-7-12(17)9-13(18)8-11/h7-10,14H,2-6H2,1H3,(H,19,23)(H,21,22). The molecule has 7 heteroatoms. The van der Waals surface area contributed by atoms with Gasteiger partial charge in [-0.3, -0.25) is 4.79 Å². The number of nitrogens with zero attached hydrogens (tertiary/aromatic N) is 1. The molecule has 0 aromatic heterocycles. The number of rotatable bonds is 7. The summed E-state index contributed by atoms with van der Waals surface area (Å²) in [6.07, 6.45) is 2.90. The Morgan fingerprint density at radius 3 is 2.70 bits per heavy atom. The molecular weight excluding hydrogens is 367 g/mol. The van der Waals surface area contributed by atoms with Crippen molar-refractivity contribution in [2.24, 2.45) is 5.92 Å². The van der Waals surface area contributed by atoms with Crippen molar-refractivity contribution >= 4 is 27.9 Å². The van der Waals surface area contributed by atoms with E-state index in [0.717, 1.165) is 19.3 Å². The van der Waals surface area contributed by atoms with Gasteiger partial charge in [0.25, 0.3) is 0 Å². The highest BCUT2D eigenvalue weighted by atomic mass is 79.9. The second kappa shape index (κ2) is 7.77. The van der Waals surface area contributed by atoms with Crippen molar-refractivity contribution in [2.45, 2.75) is 31.7 Å². The molecule has 1 aromatic rings. The number of aliphatic carboxylic acids is 1. The van der Waals surface area contributed by atoms with Crippen molar-refractivity contribution in [3.05, 3.63) is 34.1 Å². The van der Waals surface area contributed by atoms with E-state index < -0.39 is 5.97 Å². The van der Waals surface area contributed by atoms with Gasteiger partial charge in [0.05, 0.1) is 12.5 Å². The lowest BCUT2D eigenvalue weighted by Crippen LogP contribution is -2.40. The van der Waals surface area contributed by atoms with E-state index in [1.807, 2.05) is 0 Å². The fourth-order valence-electron chi connectivity index (χ4n) is 2.37. The van der Waals surface area contributed by atoms with Crippen molar-refractivity contribution in [3.8, 4) is 0 Å². The summed E-state index contributed by atoms with van der Waals surface area (Å²) < 4.78 is 14.3. The zero-order valence-corrected chi connectivity index (χ0v) is 14.5. The van der Waals surface area contributed by atoms with Crippen LogP contribution in [0.2, 0.25) is 0 Å². The van der Waals surface area contributed by atoms with Crippen molar-refractivity contribution < 1.29 is 19.1 Å². The molecule has 1 fully saturated rings. The van der Waals surface area contributed by atoms with Gasteiger partial charge in [-0.1, -0.05) is 28.8 Å². The minimum absolute atomic E-state index is 0.108. The first kappa shape index (κ1) is 17.7. The van der Waals surface area contributed by atoms with E-state index in [2.05, 4.69) is 21.2 Å². The molecule has 2 rings (SSSR count). The summed E-state index contributed by atoms with van der Waals surface area (Å²) in [5, 5.41) is 11.6. The maximum absolute atomic E-state index is 13.6. The molecule has 5 nitrogen and oxygen atoms in total. The van der Waals surface area contributed by atoms with Gasteiger partial charge in [0.2, 0.25) is 0 Å². The monoisotopic (exact) mass is 386 g/mol. The average molecular weight is 387 g/mol. The quantitative estimate of drug-likeness (QED) is 0.752. The number of carboxylic acids is 1. The first-order valence-corrected chi connectivity index (χ1v) is 8.34. The molecule has 2 amide bonds. The van der Waals surface area contributed by atoms with Gasteiger partial charge < -0.3 is 15.3 Å². The summed E-state index contributed by atoms with van der Waals surface area (Å²) in [4.78, 5) is 24.2. The molecule has 1 aromatic carbocycles. The number of carboxylic acid groups (broad SMARTS) is 1. The minimum Gasteiger partial charge on any atom is -0.481 e. The molecule has 2 N–H and O–H groups in total. The third-order valence-corrected chi connectivity index (χ3v) is 4.32. The van der Waals surface area contributed by atoms with E-state index in [4.69, 9.17) is 5.11 Å². The van der Waals surface area contributed by atoms with Crippen LogP contribution < -0.4 is 5.32 Å². The second-order valence-electron chi connectivity index (χ2n) is 5.95. The van der Waals surface area contributed by atoms with E-state index in [-0.39, 0.29) is 30.9 Å². The SMILES string of the molecule is CN(CCC(=O)O)C(=O)NC(CC1CC1)c1cc(F)cc(Br)c1. The van der Waals surface area contributed by atoms with E-state index in [9.17, 15) is 14.0 Å². The average Bonchev–Trinajstić information content (AvgIpc) is 3.26. The summed E-state index contributed by atoms with van der Waals surface area (Å²) in [5.41, 5.74) is 0.712. The fraction of sp³-hybridized carbons (Fsp3) is 0.500. The highest BCUT2D eigenvalue weighted by Gasteiger charge is 2.28. The van der Waals surface area contributed by atoms with Gasteiger partial charge in [-0.15, -0.1) is 0 Å². The summed E-state index contributed by atoms with van der Waals surface area (Å²) >= 11 is 3.27. The summed E-state index contributed by atoms with van der Waals surface area (Å²) in [6, 6.07) is 3.97. The molecule has 0 aliphatic heterocycles. The minimum atomic E-state index is -0.951. The topological polar surface area (TPSA) is 69.6 Å². The number of benzene rings is 1. The number of urea groups is 1. The number of nitrogens with one attached hydrogen (secondary N) is 1. The number of carbonyl (C=O) groups is 2. The molecule has 0 heterocycles. The Balaban J connectivity index is 2.05. The Labute approximate surface area is 143 Å². The van der Waals surface area contributed by atoms with Gasteiger partial charge in [0.1, 0.15) is 5.82 Å². The molecule has 126 valence electrons. The van der Waals surface area contributed by atoms with E-state index in [1.165, 1.54) is 17.0 Å².